The lowest BCUT2D eigenvalue weighted by Gasteiger charge is -2.28. The number of ether oxygens (including phenoxy) is 1. The van der Waals surface area contributed by atoms with Crippen molar-refractivity contribution in [2.24, 2.45) is 0 Å². The molecular weight excluding hydrogens is 511 g/mol. The van der Waals surface area contributed by atoms with Crippen molar-refractivity contribution in [3.8, 4) is 11.4 Å². The zero-order valence-corrected chi connectivity index (χ0v) is 22.5. The molecule has 0 aliphatic carbocycles. The quantitative estimate of drug-likeness (QED) is 0.260. The Balaban J connectivity index is 1.65. The van der Waals surface area contributed by atoms with Crippen molar-refractivity contribution in [2.45, 2.75) is 32.9 Å². The number of pyridine rings is 1. The van der Waals surface area contributed by atoms with Crippen molar-refractivity contribution in [1.82, 2.24) is 14.9 Å². The van der Waals surface area contributed by atoms with Gasteiger partial charge in [0.15, 0.2) is 5.11 Å². The minimum atomic E-state index is -0.139. The molecule has 1 N–H and O–H groups in total. The molecule has 0 bridgehead atoms. The van der Waals surface area contributed by atoms with Crippen LogP contribution in [0, 0.1) is 13.8 Å². The van der Waals surface area contributed by atoms with Crippen LogP contribution >= 0.6 is 35.4 Å². The second-order valence-electron chi connectivity index (χ2n) is 8.68. The van der Waals surface area contributed by atoms with Gasteiger partial charge in [0, 0.05) is 28.3 Å². The van der Waals surface area contributed by atoms with Gasteiger partial charge >= 0.3 is 0 Å². The van der Waals surface area contributed by atoms with Crippen LogP contribution in [0.2, 0.25) is 10.0 Å². The third-order valence-electron chi connectivity index (χ3n) is 6.46. The van der Waals surface area contributed by atoms with Crippen molar-refractivity contribution < 1.29 is 4.74 Å². The summed E-state index contributed by atoms with van der Waals surface area (Å²) >= 11 is 18.7. The summed E-state index contributed by atoms with van der Waals surface area (Å²) in [5.74, 6) is 0.827. The number of hydrogen-bond acceptors (Lipinski definition) is 3. The van der Waals surface area contributed by atoms with Gasteiger partial charge in [0.05, 0.1) is 35.1 Å². The van der Waals surface area contributed by atoms with E-state index in [-0.39, 0.29) is 12.1 Å². The number of nitrogens with zero attached hydrogens (tertiary/aromatic N) is 3. The van der Waals surface area contributed by atoms with Crippen molar-refractivity contribution in [3.05, 3.63) is 106 Å². The summed E-state index contributed by atoms with van der Waals surface area (Å²) in [6.45, 7) is 6.79. The van der Waals surface area contributed by atoms with Gasteiger partial charge in [-0.1, -0.05) is 29.3 Å². The lowest BCUT2D eigenvalue weighted by atomic mass is 9.96. The first kappa shape index (κ1) is 24.6. The molecule has 184 valence electrons. The number of halogens is 2. The van der Waals surface area contributed by atoms with E-state index in [1.807, 2.05) is 67.7 Å². The average Bonchev–Trinajstić information content (AvgIpc) is 3.36. The summed E-state index contributed by atoms with van der Waals surface area (Å²) in [4.78, 5) is 6.83. The topological polar surface area (TPSA) is 42.3 Å². The highest BCUT2D eigenvalue weighted by atomic mass is 35.5. The van der Waals surface area contributed by atoms with E-state index in [1.165, 1.54) is 0 Å². The first-order valence-electron chi connectivity index (χ1n) is 11.8. The Hall–Kier alpha value is -3.06. The molecule has 0 radical (unpaired) electrons. The van der Waals surface area contributed by atoms with Crippen LogP contribution in [0.4, 0.5) is 5.69 Å². The first-order chi connectivity index (χ1) is 17.4. The van der Waals surface area contributed by atoms with Gasteiger partial charge in [-0.05, 0) is 99.2 Å². The maximum absolute atomic E-state index is 6.62. The van der Waals surface area contributed by atoms with Gasteiger partial charge < -0.3 is 19.5 Å². The smallest absolute Gasteiger partial charge is 0.174 e. The highest BCUT2D eigenvalue weighted by Gasteiger charge is 2.42. The molecule has 0 saturated carbocycles. The fourth-order valence-corrected chi connectivity index (χ4v) is 5.78. The van der Waals surface area contributed by atoms with Crippen LogP contribution in [0.15, 0.2) is 72.9 Å². The molecule has 5 nitrogen and oxygen atoms in total. The number of nitrogens with one attached hydrogen (secondary N) is 1. The van der Waals surface area contributed by atoms with E-state index in [0.29, 0.717) is 21.8 Å². The molecule has 2 atom stereocenters. The third kappa shape index (κ3) is 4.45. The largest absolute Gasteiger partial charge is 0.494 e. The zero-order valence-electron chi connectivity index (χ0n) is 20.2. The van der Waals surface area contributed by atoms with Gasteiger partial charge in [-0.2, -0.15) is 0 Å². The van der Waals surface area contributed by atoms with Crippen LogP contribution in [0.3, 0.4) is 0 Å². The summed E-state index contributed by atoms with van der Waals surface area (Å²) in [5.41, 5.74) is 6.07. The zero-order chi connectivity index (χ0) is 25.4. The van der Waals surface area contributed by atoms with E-state index >= 15 is 0 Å². The molecule has 0 spiro atoms. The number of hydrogen-bond donors (Lipinski definition) is 1. The number of rotatable bonds is 6. The summed E-state index contributed by atoms with van der Waals surface area (Å²) in [5, 5.41) is 5.38. The van der Waals surface area contributed by atoms with E-state index in [4.69, 9.17) is 40.2 Å². The highest BCUT2D eigenvalue weighted by Crippen LogP contribution is 2.44. The SMILES string of the molecule is CCOc1ccc(N2C(=S)N[C@@H](c3ccccn3)[C@@H]2c2cc(C)n(-c3ccc(Cl)cc3Cl)c2C)cc1. The number of thiocarbonyl (C=S) groups is 1. The Kier molecular flexibility index (Phi) is 6.93. The molecule has 1 aliphatic rings. The molecule has 1 saturated heterocycles. The Bertz CT molecular complexity index is 1410. The molecule has 5 rings (SSSR count). The molecule has 4 aromatic rings. The Morgan fingerprint density at radius 2 is 1.81 bits per heavy atom. The van der Waals surface area contributed by atoms with Crippen molar-refractivity contribution >= 4 is 46.2 Å². The van der Waals surface area contributed by atoms with E-state index in [9.17, 15) is 0 Å². The van der Waals surface area contributed by atoms with E-state index in [2.05, 4.69) is 39.7 Å². The van der Waals surface area contributed by atoms with E-state index in [0.717, 1.165) is 39.8 Å². The molecule has 36 heavy (non-hydrogen) atoms. The summed E-state index contributed by atoms with van der Waals surface area (Å²) in [6.07, 6.45) is 1.81. The summed E-state index contributed by atoms with van der Waals surface area (Å²) < 4.78 is 7.82. The number of aromatic nitrogens is 2. The molecule has 1 aliphatic heterocycles. The van der Waals surface area contributed by atoms with Gasteiger partial charge in [-0.15, -0.1) is 0 Å². The normalized spacial score (nSPS) is 17.4. The van der Waals surface area contributed by atoms with E-state index in [1.54, 1.807) is 6.07 Å². The van der Waals surface area contributed by atoms with Gasteiger partial charge in [0.2, 0.25) is 0 Å². The summed E-state index contributed by atoms with van der Waals surface area (Å²) in [6, 6.07) is 21.5. The fourth-order valence-electron chi connectivity index (χ4n) is 4.94. The van der Waals surface area contributed by atoms with Gasteiger partial charge in [-0.25, -0.2) is 0 Å². The van der Waals surface area contributed by atoms with E-state index < -0.39 is 0 Å². The second-order valence-corrected chi connectivity index (χ2v) is 9.91. The number of aryl methyl sites for hydroxylation is 1. The molecule has 1 fully saturated rings. The van der Waals surface area contributed by atoms with Gasteiger partial charge in [0.1, 0.15) is 5.75 Å². The average molecular weight is 538 g/mol. The van der Waals surface area contributed by atoms with Crippen LogP contribution in [0.25, 0.3) is 5.69 Å². The molecule has 8 heteroatoms. The van der Waals surface area contributed by atoms with Gasteiger partial charge in [-0.3, -0.25) is 4.98 Å². The second kappa shape index (κ2) is 10.1. The van der Waals surface area contributed by atoms with Crippen LogP contribution < -0.4 is 15.0 Å². The molecule has 0 amide bonds. The predicted octanol–water partition coefficient (Wildman–Crippen LogP) is 7.37. The Labute approximate surface area is 226 Å². The lowest BCUT2D eigenvalue weighted by molar-refractivity contribution is 0.340. The molecule has 3 heterocycles. The molecule has 0 unspecified atom stereocenters. The van der Waals surface area contributed by atoms with Crippen LogP contribution in [0.5, 0.6) is 5.75 Å². The van der Waals surface area contributed by atoms with Crippen LogP contribution in [-0.4, -0.2) is 21.3 Å². The highest BCUT2D eigenvalue weighted by molar-refractivity contribution is 7.80. The molecule has 2 aromatic heterocycles. The fraction of sp³-hybridized carbons (Fsp3) is 0.214. The minimum absolute atomic E-state index is 0.128. The van der Waals surface area contributed by atoms with Crippen molar-refractivity contribution in [2.75, 3.05) is 11.5 Å². The molecule has 2 aromatic carbocycles. The monoisotopic (exact) mass is 536 g/mol. The Morgan fingerprint density at radius 3 is 2.47 bits per heavy atom. The standard InChI is InChI=1S/C28H26Cl2N4OS/c1-4-35-21-11-9-20(10-12-21)34-27(26(32-28(34)36)24-7-5-6-14-31-24)22-15-17(2)33(18(22)3)25-13-8-19(29)16-23(25)30/h5-16,26-27H,4H2,1-3H3,(H,32,36)/t26-,27-/m0/s1. The third-order valence-corrected chi connectivity index (χ3v) is 7.32. The number of anilines is 1. The maximum atomic E-state index is 6.62. The van der Waals surface area contributed by atoms with Crippen molar-refractivity contribution in [3.63, 3.8) is 0 Å². The predicted molar refractivity (Wildman–Crippen MR) is 151 cm³/mol. The lowest BCUT2D eigenvalue weighted by Crippen LogP contribution is -2.29. The first-order valence-corrected chi connectivity index (χ1v) is 12.9. The minimum Gasteiger partial charge on any atom is -0.494 e. The Morgan fingerprint density at radius 1 is 1.03 bits per heavy atom. The van der Waals surface area contributed by atoms with Crippen LogP contribution in [-0.2, 0) is 0 Å². The van der Waals surface area contributed by atoms with Crippen LogP contribution in [0.1, 0.15) is 41.7 Å². The molecular formula is C28H26Cl2N4OS. The summed E-state index contributed by atoms with van der Waals surface area (Å²) in [7, 11) is 0. The number of benzene rings is 2. The maximum Gasteiger partial charge on any atom is 0.174 e. The van der Waals surface area contributed by atoms with Crippen molar-refractivity contribution in [1.29, 1.82) is 0 Å². The van der Waals surface area contributed by atoms with Gasteiger partial charge in [0.25, 0.3) is 0 Å².